The molecule has 2 heterocycles. The SMILES string of the molecule is Cc1ccc2c(c1)C(=O)N(CC(=O)N1c3ccccc3N(Cc3ccccc3)C(=O)C3CCCC31)C2=O. The Morgan fingerprint density at radius 1 is 0.811 bits per heavy atom. The third-order valence-corrected chi connectivity index (χ3v) is 7.70. The molecule has 1 saturated carbocycles. The Morgan fingerprint density at radius 2 is 1.51 bits per heavy atom. The van der Waals surface area contributed by atoms with E-state index in [1.165, 1.54) is 0 Å². The topological polar surface area (TPSA) is 78.0 Å². The van der Waals surface area contributed by atoms with Gasteiger partial charge in [-0.1, -0.05) is 60.5 Å². The monoisotopic (exact) mass is 493 g/mol. The molecule has 186 valence electrons. The lowest BCUT2D eigenvalue weighted by Crippen LogP contribution is -2.49. The van der Waals surface area contributed by atoms with Crippen LogP contribution in [0.3, 0.4) is 0 Å². The summed E-state index contributed by atoms with van der Waals surface area (Å²) in [5.41, 5.74) is 3.83. The van der Waals surface area contributed by atoms with E-state index in [1.807, 2.05) is 61.5 Å². The molecule has 0 bridgehead atoms. The van der Waals surface area contributed by atoms with Crippen LogP contribution in [0.2, 0.25) is 0 Å². The number of anilines is 2. The molecule has 3 aromatic rings. The molecule has 7 nitrogen and oxygen atoms in total. The molecule has 0 radical (unpaired) electrons. The third-order valence-electron chi connectivity index (χ3n) is 7.70. The second kappa shape index (κ2) is 9.00. The molecule has 3 aromatic carbocycles. The summed E-state index contributed by atoms with van der Waals surface area (Å²) in [6.07, 6.45) is 2.22. The fourth-order valence-electron chi connectivity index (χ4n) is 5.94. The molecular weight excluding hydrogens is 466 g/mol. The number of benzene rings is 3. The molecule has 0 aromatic heterocycles. The van der Waals surface area contributed by atoms with Crippen LogP contribution in [0, 0.1) is 12.8 Å². The van der Waals surface area contributed by atoms with Crippen molar-refractivity contribution in [2.45, 2.75) is 38.8 Å². The van der Waals surface area contributed by atoms with Gasteiger partial charge in [-0.05, 0) is 49.6 Å². The van der Waals surface area contributed by atoms with Gasteiger partial charge in [0.05, 0.1) is 35.0 Å². The number of para-hydroxylation sites is 2. The minimum Gasteiger partial charge on any atom is -0.306 e. The zero-order valence-corrected chi connectivity index (χ0v) is 20.6. The van der Waals surface area contributed by atoms with Gasteiger partial charge in [-0.3, -0.25) is 24.1 Å². The fraction of sp³-hybridized carbons (Fsp3) is 0.267. The van der Waals surface area contributed by atoms with E-state index < -0.39 is 11.8 Å². The Bertz CT molecular complexity index is 1430. The predicted octanol–water partition coefficient (Wildman–Crippen LogP) is 4.34. The minimum atomic E-state index is -0.457. The lowest BCUT2D eigenvalue weighted by atomic mass is 10.0. The molecule has 6 rings (SSSR count). The Morgan fingerprint density at radius 3 is 2.30 bits per heavy atom. The number of carbonyl (C=O) groups is 4. The first-order valence-electron chi connectivity index (χ1n) is 12.7. The van der Waals surface area contributed by atoms with Crippen molar-refractivity contribution < 1.29 is 19.2 Å². The largest absolute Gasteiger partial charge is 0.306 e. The Balaban J connectivity index is 1.37. The van der Waals surface area contributed by atoms with Crippen molar-refractivity contribution in [3.8, 4) is 0 Å². The first-order valence-corrected chi connectivity index (χ1v) is 12.7. The minimum absolute atomic E-state index is 0.00492. The van der Waals surface area contributed by atoms with Crippen LogP contribution in [0.15, 0.2) is 72.8 Å². The van der Waals surface area contributed by atoms with Crippen LogP contribution in [-0.2, 0) is 16.1 Å². The fourth-order valence-corrected chi connectivity index (χ4v) is 5.94. The quantitative estimate of drug-likeness (QED) is 0.507. The van der Waals surface area contributed by atoms with Crippen LogP contribution in [0.25, 0.3) is 0 Å². The average molecular weight is 494 g/mol. The molecule has 0 saturated heterocycles. The first-order chi connectivity index (χ1) is 17.9. The number of hydrogen-bond donors (Lipinski definition) is 0. The van der Waals surface area contributed by atoms with E-state index in [2.05, 4.69) is 0 Å². The summed E-state index contributed by atoms with van der Waals surface area (Å²) in [4.78, 5) is 58.5. The van der Waals surface area contributed by atoms with Gasteiger partial charge in [0.1, 0.15) is 6.54 Å². The van der Waals surface area contributed by atoms with Gasteiger partial charge in [-0.15, -0.1) is 0 Å². The number of hydrogen-bond acceptors (Lipinski definition) is 4. The summed E-state index contributed by atoms with van der Waals surface area (Å²) in [7, 11) is 0. The molecule has 7 heteroatoms. The van der Waals surface area contributed by atoms with E-state index in [1.54, 1.807) is 28.0 Å². The second-order valence-corrected chi connectivity index (χ2v) is 10.0. The second-order valence-electron chi connectivity index (χ2n) is 10.0. The van der Waals surface area contributed by atoms with E-state index in [4.69, 9.17) is 0 Å². The molecule has 4 amide bonds. The lowest BCUT2D eigenvalue weighted by Gasteiger charge is -2.31. The van der Waals surface area contributed by atoms with Gasteiger partial charge in [0.25, 0.3) is 11.8 Å². The predicted molar refractivity (Wildman–Crippen MR) is 139 cm³/mol. The van der Waals surface area contributed by atoms with Gasteiger partial charge >= 0.3 is 0 Å². The van der Waals surface area contributed by atoms with Crippen LogP contribution < -0.4 is 9.80 Å². The average Bonchev–Trinajstić information content (AvgIpc) is 3.45. The van der Waals surface area contributed by atoms with E-state index in [0.29, 0.717) is 41.9 Å². The molecule has 2 atom stereocenters. The number of nitrogens with zero attached hydrogens (tertiary/aromatic N) is 3. The van der Waals surface area contributed by atoms with Gasteiger partial charge < -0.3 is 9.80 Å². The smallest absolute Gasteiger partial charge is 0.262 e. The molecule has 3 aliphatic rings. The highest BCUT2D eigenvalue weighted by atomic mass is 16.2. The van der Waals surface area contributed by atoms with E-state index >= 15 is 0 Å². The summed E-state index contributed by atoms with van der Waals surface area (Å²) < 4.78 is 0. The Labute approximate surface area is 215 Å². The van der Waals surface area contributed by atoms with Crippen LogP contribution >= 0.6 is 0 Å². The number of rotatable bonds is 4. The molecule has 0 spiro atoms. The molecule has 37 heavy (non-hydrogen) atoms. The van der Waals surface area contributed by atoms with Crippen molar-refractivity contribution >= 4 is 35.0 Å². The first kappa shape index (κ1) is 23.2. The number of carbonyl (C=O) groups excluding carboxylic acids is 4. The zero-order valence-electron chi connectivity index (χ0n) is 20.6. The summed E-state index contributed by atoms with van der Waals surface area (Å²) in [5.74, 6) is -1.61. The van der Waals surface area contributed by atoms with Crippen molar-refractivity contribution in [3.63, 3.8) is 0 Å². The maximum absolute atomic E-state index is 13.9. The van der Waals surface area contributed by atoms with Gasteiger partial charge in [0, 0.05) is 6.04 Å². The normalized spacial score (nSPS) is 20.6. The molecule has 2 unspecified atom stereocenters. The molecule has 2 aliphatic heterocycles. The highest BCUT2D eigenvalue weighted by Gasteiger charge is 2.47. The van der Waals surface area contributed by atoms with Crippen LogP contribution in [-0.4, -0.2) is 41.1 Å². The van der Waals surface area contributed by atoms with Crippen molar-refractivity contribution in [1.29, 1.82) is 0 Å². The number of imide groups is 1. The summed E-state index contributed by atoms with van der Waals surface area (Å²) in [5, 5.41) is 0. The Kier molecular flexibility index (Phi) is 5.63. The zero-order chi connectivity index (χ0) is 25.7. The van der Waals surface area contributed by atoms with E-state index in [9.17, 15) is 19.2 Å². The van der Waals surface area contributed by atoms with Crippen LogP contribution in [0.4, 0.5) is 11.4 Å². The van der Waals surface area contributed by atoms with Crippen LogP contribution in [0.5, 0.6) is 0 Å². The standard InChI is InChI=1S/C30H27N3O4/c1-19-14-15-21-23(16-19)30(37)32(28(21)35)18-27(34)33-24-13-7-10-22(24)29(36)31(17-20-8-3-2-4-9-20)25-11-5-6-12-26(25)33/h2-6,8-9,11-12,14-16,22,24H,7,10,13,17-18H2,1H3. The number of fused-ring (bicyclic) bond motifs is 3. The highest BCUT2D eigenvalue weighted by Crippen LogP contribution is 2.43. The van der Waals surface area contributed by atoms with E-state index in [0.717, 1.165) is 22.4 Å². The molecular formula is C30H27N3O4. The van der Waals surface area contributed by atoms with E-state index in [-0.39, 0.29) is 30.3 Å². The summed E-state index contributed by atoms with van der Waals surface area (Å²) >= 11 is 0. The van der Waals surface area contributed by atoms with Gasteiger partial charge in [0.2, 0.25) is 11.8 Å². The number of amides is 4. The van der Waals surface area contributed by atoms with Crippen molar-refractivity contribution in [2.24, 2.45) is 5.92 Å². The maximum atomic E-state index is 13.9. The molecule has 1 fully saturated rings. The Hall–Kier alpha value is -4.26. The summed E-state index contributed by atoms with van der Waals surface area (Å²) in [6, 6.07) is 22.0. The summed E-state index contributed by atoms with van der Waals surface area (Å²) in [6.45, 7) is 1.90. The van der Waals surface area contributed by atoms with Gasteiger partial charge in [0.15, 0.2) is 0 Å². The van der Waals surface area contributed by atoms with Crippen molar-refractivity contribution in [1.82, 2.24) is 4.90 Å². The van der Waals surface area contributed by atoms with Gasteiger partial charge in [-0.25, -0.2) is 0 Å². The third kappa shape index (κ3) is 3.82. The number of aryl methyl sites for hydroxylation is 1. The van der Waals surface area contributed by atoms with Gasteiger partial charge in [-0.2, -0.15) is 0 Å². The van der Waals surface area contributed by atoms with Crippen molar-refractivity contribution in [2.75, 3.05) is 16.3 Å². The van der Waals surface area contributed by atoms with Crippen LogP contribution in [0.1, 0.15) is 51.1 Å². The van der Waals surface area contributed by atoms with Crippen molar-refractivity contribution in [3.05, 3.63) is 95.1 Å². The maximum Gasteiger partial charge on any atom is 0.262 e. The lowest BCUT2D eigenvalue weighted by molar-refractivity contribution is -0.123. The highest BCUT2D eigenvalue weighted by molar-refractivity contribution is 6.23. The molecule has 1 aliphatic carbocycles. The molecule has 0 N–H and O–H groups in total.